The lowest BCUT2D eigenvalue weighted by Gasteiger charge is -2.07. The molecule has 0 radical (unpaired) electrons. The molecule has 2 aromatic heterocycles. The summed E-state index contributed by atoms with van der Waals surface area (Å²) in [6.45, 7) is 4.82. The summed E-state index contributed by atoms with van der Waals surface area (Å²) in [7, 11) is 0. The average Bonchev–Trinajstić information content (AvgIpc) is 2.80. The van der Waals surface area contributed by atoms with E-state index in [0.717, 1.165) is 35.7 Å². The highest BCUT2D eigenvalue weighted by molar-refractivity contribution is 5.62. The van der Waals surface area contributed by atoms with Crippen LogP contribution in [0.2, 0.25) is 0 Å². The van der Waals surface area contributed by atoms with Gasteiger partial charge in [-0.2, -0.15) is 0 Å². The maximum absolute atomic E-state index is 12.1. The van der Waals surface area contributed by atoms with Crippen molar-refractivity contribution < 1.29 is 0 Å². The summed E-state index contributed by atoms with van der Waals surface area (Å²) in [5.74, 6) is 0.718. The quantitative estimate of drug-likeness (QED) is 0.732. The first-order chi connectivity index (χ1) is 9.70. The number of aryl methyl sites for hydroxylation is 2. The SMILES string of the molecule is CCCn1c(-c2ccccc2)cn2c(=O)cc(C)nc12. The number of rotatable bonds is 3. The fourth-order valence-electron chi connectivity index (χ4n) is 2.49. The molecule has 1 aromatic carbocycles. The fraction of sp³-hybridized carbons (Fsp3) is 0.250. The molecular weight excluding hydrogens is 250 g/mol. The van der Waals surface area contributed by atoms with Gasteiger partial charge in [0.25, 0.3) is 5.56 Å². The van der Waals surface area contributed by atoms with E-state index in [4.69, 9.17) is 0 Å². The lowest BCUT2D eigenvalue weighted by Crippen LogP contribution is -2.14. The van der Waals surface area contributed by atoms with Crippen molar-refractivity contribution in [3.63, 3.8) is 0 Å². The van der Waals surface area contributed by atoms with Crippen LogP contribution in [0, 0.1) is 6.92 Å². The van der Waals surface area contributed by atoms with Gasteiger partial charge in [0.15, 0.2) is 0 Å². The van der Waals surface area contributed by atoms with E-state index in [1.807, 2.05) is 31.3 Å². The first kappa shape index (κ1) is 12.7. The molecule has 4 heteroatoms. The van der Waals surface area contributed by atoms with Gasteiger partial charge in [-0.25, -0.2) is 4.98 Å². The van der Waals surface area contributed by atoms with Crippen LogP contribution >= 0.6 is 0 Å². The Hall–Kier alpha value is -2.36. The van der Waals surface area contributed by atoms with E-state index in [-0.39, 0.29) is 5.56 Å². The Kier molecular flexibility index (Phi) is 3.14. The molecule has 0 spiro atoms. The van der Waals surface area contributed by atoms with Crippen molar-refractivity contribution in [2.75, 3.05) is 0 Å². The molecular formula is C16H17N3O. The molecule has 0 saturated carbocycles. The number of nitrogens with zero attached hydrogens (tertiary/aromatic N) is 3. The zero-order valence-corrected chi connectivity index (χ0v) is 11.7. The molecule has 0 amide bonds. The van der Waals surface area contributed by atoms with Gasteiger partial charge in [0.1, 0.15) is 0 Å². The average molecular weight is 267 g/mol. The van der Waals surface area contributed by atoms with Crippen LogP contribution < -0.4 is 5.56 Å². The molecule has 102 valence electrons. The summed E-state index contributed by atoms with van der Waals surface area (Å²) >= 11 is 0. The predicted molar refractivity (Wildman–Crippen MR) is 79.9 cm³/mol. The van der Waals surface area contributed by atoms with Gasteiger partial charge in [-0.15, -0.1) is 0 Å². The minimum Gasteiger partial charge on any atom is -0.310 e. The lowest BCUT2D eigenvalue weighted by molar-refractivity contribution is 0.695. The van der Waals surface area contributed by atoms with Crippen LogP contribution in [0.15, 0.2) is 47.4 Å². The normalized spacial score (nSPS) is 11.1. The van der Waals surface area contributed by atoms with Crippen molar-refractivity contribution in [3.8, 4) is 11.3 Å². The predicted octanol–water partition coefficient (Wildman–Crippen LogP) is 2.88. The molecule has 0 aliphatic rings. The zero-order valence-electron chi connectivity index (χ0n) is 11.7. The second-order valence-corrected chi connectivity index (χ2v) is 4.94. The van der Waals surface area contributed by atoms with E-state index >= 15 is 0 Å². The molecule has 3 aromatic rings. The smallest absolute Gasteiger partial charge is 0.259 e. The number of fused-ring (bicyclic) bond motifs is 1. The third-order valence-corrected chi connectivity index (χ3v) is 3.36. The molecule has 20 heavy (non-hydrogen) atoms. The van der Waals surface area contributed by atoms with Crippen molar-refractivity contribution in [2.45, 2.75) is 26.8 Å². The van der Waals surface area contributed by atoms with E-state index < -0.39 is 0 Å². The van der Waals surface area contributed by atoms with E-state index in [1.165, 1.54) is 0 Å². The Morgan fingerprint density at radius 3 is 2.65 bits per heavy atom. The summed E-state index contributed by atoms with van der Waals surface area (Å²) in [5, 5.41) is 0. The third kappa shape index (κ3) is 2.03. The van der Waals surface area contributed by atoms with Crippen molar-refractivity contribution in [1.82, 2.24) is 14.0 Å². The van der Waals surface area contributed by atoms with Crippen LogP contribution in [-0.4, -0.2) is 14.0 Å². The van der Waals surface area contributed by atoms with Crippen molar-refractivity contribution >= 4 is 5.78 Å². The molecule has 2 heterocycles. The summed E-state index contributed by atoms with van der Waals surface area (Å²) in [6, 6.07) is 11.7. The number of benzene rings is 1. The first-order valence-corrected chi connectivity index (χ1v) is 6.85. The second kappa shape index (κ2) is 4.96. The van der Waals surface area contributed by atoms with E-state index in [9.17, 15) is 4.79 Å². The molecule has 0 aliphatic carbocycles. The van der Waals surface area contributed by atoms with Crippen LogP contribution in [0.1, 0.15) is 19.0 Å². The molecule has 3 rings (SSSR count). The van der Waals surface area contributed by atoms with Gasteiger partial charge < -0.3 is 4.57 Å². The van der Waals surface area contributed by atoms with Crippen LogP contribution in [-0.2, 0) is 6.54 Å². The molecule has 0 N–H and O–H groups in total. The minimum absolute atomic E-state index is 0.0282. The Morgan fingerprint density at radius 1 is 1.20 bits per heavy atom. The fourth-order valence-corrected chi connectivity index (χ4v) is 2.49. The maximum atomic E-state index is 12.1. The van der Waals surface area contributed by atoms with Gasteiger partial charge in [0, 0.05) is 24.5 Å². The Morgan fingerprint density at radius 2 is 1.95 bits per heavy atom. The van der Waals surface area contributed by atoms with Crippen molar-refractivity contribution in [3.05, 3.63) is 58.6 Å². The molecule has 0 bridgehead atoms. The number of hydrogen-bond acceptors (Lipinski definition) is 2. The number of aromatic nitrogens is 3. The van der Waals surface area contributed by atoms with E-state index in [1.54, 1.807) is 10.5 Å². The Bertz CT molecular complexity index is 800. The van der Waals surface area contributed by atoms with Gasteiger partial charge in [-0.05, 0) is 18.9 Å². The molecule has 0 aliphatic heterocycles. The highest BCUT2D eigenvalue weighted by Gasteiger charge is 2.12. The standard InChI is InChI=1S/C16H17N3O/c1-3-9-18-14(13-7-5-4-6-8-13)11-19-15(20)10-12(2)17-16(18)19/h4-8,10-11H,3,9H2,1-2H3. The molecule has 0 atom stereocenters. The van der Waals surface area contributed by atoms with E-state index in [0.29, 0.717) is 0 Å². The molecule has 4 nitrogen and oxygen atoms in total. The first-order valence-electron chi connectivity index (χ1n) is 6.85. The van der Waals surface area contributed by atoms with Crippen LogP contribution in [0.4, 0.5) is 0 Å². The molecule has 0 fully saturated rings. The van der Waals surface area contributed by atoms with E-state index in [2.05, 4.69) is 28.6 Å². The van der Waals surface area contributed by atoms with Crippen LogP contribution in [0.25, 0.3) is 17.0 Å². The third-order valence-electron chi connectivity index (χ3n) is 3.36. The summed E-state index contributed by atoms with van der Waals surface area (Å²) < 4.78 is 3.74. The Labute approximate surface area is 117 Å². The van der Waals surface area contributed by atoms with Gasteiger partial charge in [-0.1, -0.05) is 37.3 Å². The maximum Gasteiger partial charge on any atom is 0.259 e. The van der Waals surface area contributed by atoms with Crippen LogP contribution in [0.5, 0.6) is 0 Å². The number of imidazole rings is 1. The topological polar surface area (TPSA) is 39.3 Å². The summed E-state index contributed by atoms with van der Waals surface area (Å²) in [4.78, 5) is 16.6. The van der Waals surface area contributed by atoms with Gasteiger partial charge in [0.05, 0.1) is 5.69 Å². The lowest BCUT2D eigenvalue weighted by atomic mass is 10.2. The highest BCUT2D eigenvalue weighted by Crippen LogP contribution is 2.22. The molecule has 0 unspecified atom stereocenters. The minimum atomic E-state index is -0.0282. The largest absolute Gasteiger partial charge is 0.310 e. The van der Waals surface area contributed by atoms with Gasteiger partial charge >= 0.3 is 0 Å². The van der Waals surface area contributed by atoms with Gasteiger partial charge in [-0.3, -0.25) is 9.20 Å². The molecule has 0 saturated heterocycles. The Balaban J connectivity index is 2.35. The van der Waals surface area contributed by atoms with Crippen LogP contribution in [0.3, 0.4) is 0 Å². The number of hydrogen-bond donors (Lipinski definition) is 0. The second-order valence-electron chi connectivity index (χ2n) is 4.94. The van der Waals surface area contributed by atoms with Crippen molar-refractivity contribution in [1.29, 1.82) is 0 Å². The highest BCUT2D eigenvalue weighted by atomic mass is 16.1. The zero-order chi connectivity index (χ0) is 14.1. The van der Waals surface area contributed by atoms with Gasteiger partial charge in [0.2, 0.25) is 5.78 Å². The summed E-state index contributed by atoms with van der Waals surface area (Å²) in [5.41, 5.74) is 2.86. The van der Waals surface area contributed by atoms with Crippen molar-refractivity contribution in [2.24, 2.45) is 0 Å². The summed E-state index contributed by atoms with van der Waals surface area (Å²) in [6.07, 6.45) is 2.88. The monoisotopic (exact) mass is 267 g/mol.